The lowest BCUT2D eigenvalue weighted by atomic mass is 10.0. The molecule has 0 saturated carbocycles. The molecule has 1 atom stereocenters. The van der Waals surface area contributed by atoms with Gasteiger partial charge in [-0.05, 0) is 55.0 Å². The van der Waals surface area contributed by atoms with E-state index in [4.69, 9.17) is 14.5 Å². The van der Waals surface area contributed by atoms with E-state index < -0.39 is 0 Å². The molecule has 2 aromatic carbocycles. The predicted molar refractivity (Wildman–Crippen MR) is 121 cm³/mol. The van der Waals surface area contributed by atoms with Crippen LogP contribution in [0.4, 0.5) is 0 Å². The Morgan fingerprint density at radius 2 is 2.13 bits per heavy atom. The van der Waals surface area contributed by atoms with Crippen molar-refractivity contribution in [3.63, 3.8) is 0 Å². The number of imidazole rings is 1. The van der Waals surface area contributed by atoms with Crippen molar-refractivity contribution >= 4 is 16.9 Å². The zero-order valence-corrected chi connectivity index (χ0v) is 18.6. The molecule has 0 radical (unpaired) electrons. The first-order valence-electron chi connectivity index (χ1n) is 11.1. The highest BCUT2D eigenvalue weighted by atomic mass is 16.5. The predicted octanol–water partition coefficient (Wildman–Crippen LogP) is 4.34. The number of ether oxygens (including phenoxy) is 2. The van der Waals surface area contributed by atoms with E-state index in [0.717, 1.165) is 35.4 Å². The SMILES string of the molecule is Cc1ccc(C(C)C)c(OCCn2c(CNC(=O)C3CCCO3)nc3ccccc32)c1. The standard InChI is InChI=1S/C25H31N3O3/c1-17(2)19-11-10-18(3)15-23(19)31-14-12-28-21-8-5-4-7-20(21)27-24(28)16-26-25(29)22-9-6-13-30-22/h4-5,7-8,10-11,15,17,22H,6,9,12-14,16H2,1-3H3,(H,26,29). The number of hydrogen-bond acceptors (Lipinski definition) is 4. The third-order valence-corrected chi connectivity index (χ3v) is 5.74. The number of aryl methyl sites for hydroxylation is 1. The molecular formula is C25H31N3O3. The van der Waals surface area contributed by atoms with Gasteiger partial charge in [-0.15, -0.1) is 0 Å². The molecule has 31 heavy (non-hydrogen) atoms. The van der Waals surface area contributed by atoms with Crippen LogP contribution in [0.5, 0.6) is 5.75 Å². The maximum Gasteiger partial charge on any atom is 0.249 e. The minimum absolute atomic E-state index is 0.0614. The van der Waals surface area contributed by atoms with Gasteiger partial charge < -0.3 is 19.4 Å². The highest BCUT2D eigenvalue weighted by molar-refractivity contribution is 5.81. The summed E-state index contributed by atoms with van der Waals surface area (Å²) in [6.07, 6.45) is 1.38. The van der Waals surface area contributed by atoms with E-state index in [1.165, 1.54) is 11.1 Å². The molecule has 1 fully saturated rings. The van der Waals surface area contributed by atoms with Gasteiger partial charge in [-0.1, -0.05) is 38.1 Å². The van der Waals surface area contributed by atoms with Crippen molar-refractivity contribution in [1.82, 2.24) is 14.9 Å². The zero-order chi connectivity index (χ0) is 21.8. The Kier molecular flexibility index (Phi) is 6.56. The summed E-state index contributed by atoms with van der Waals surface area (Å²) in [5.41, 5.74) is 4.36. The van der Waals surface area contributed by atoms with Gasteiger partial charge in [0.05, 0.1) is 24.1 Å². The fourth-order valence-electron chi connectivity index (χ4n) is 4.06. The van der Waals surface area contributed by atoms with Crippen LogP contribution in [0.3, 0.4) is 0 Å². The van der Waals surface area contributed by atoms with Gasteiger partial charge in [-0.3, -0.25) is 4.79 Å². The second kappa shape index (κ2) is 9.52. The second-order valence-electron chi connectivity index (χ2n) is 8.43. The molecule has 4 rings (SSSR count). The number of nitrogens with zero attached hydrogens (tertiary/aromatic N) is 2. The largest absolute Gasteiger partial charge is 0.491 e. The maximum absolute atomic E-state index is 12.4. The summed E-state index contributed by atoms with van der Waals surface area (Å²) in [5.74, 6) is 2.10. The lowest BCUT2D eigenvalue weighted by molar-refractivity contribution is -0.130. The van der Waals surface area contributed by atoms with Gasteiger partial charge in [0.15, 0.2) is 0 Å². The van der Waals surface area contributed by atoms with Gasteiger partial charge in [0.1, 0.15) is 24.3 Å². The smallest absolute Gasteiger partial charge is 0.249 e. The molecule has 164 valence electrons. The highest BCUT2D eigenvalue weighted by Gasteiger charge is 2.23. The van der Waals surface area contributed by atoms with E-state index >= 15 is 0 Å². The van der Waals surface area contributed by atoms with Crippen molar-refractivity contribution in [2.75, 3.05) is 13.2 Å². The van der Waals surface area contributed by atoms with Crippen molar-refractivity contribution < 1.29 is 14.3 Å². The van der Waals surface area contributed by atoms with Crippen LogP contribution in [-0.4, -0.2) is 34.8 Å². The van der Waals surface area contributed by atoms with Crippen LogP contribution in [0, 0.1) is 6.92 Å². The third kappa shape index (κ3) is 4.90. The van der Waals surface area contributed by atoms with Gasteiger partial charge in [0.2, 0.25) is 5.91 Å². The molecule has 0 aliphatic carbocycles. The molecule has 2 heterocycles. The van der Waals surface area contributed by atoms with Gasteiger partial charge in [-0.25, -0.2) is 4.98 Å². The van der Waals surface area contributed by atoms with Gasteiger partial charge in [0.25, 0.3) is 0 Å². The third-order valence-electron chi connectivity index (χ3n) is 5.74. The van der Waals surface area contributed by atoms with Crippen LogP contribution >= 0.6 is 0 Å². The summed E-state index contributed by atoms with van der Waals surface area (Å²) >= 11 is 0. The summed E-state index contributed by atoms with van der Waals surface area (Å²) in [5, 5.41) is 2.99. The minimum Gasteiger partial charge on any atom is -0.491 e. The van der Waals surface area contributed by atoms with Crippen molar-refractivity contribution in [3.05, 3.63) is 59.4 Å². The lowest BCUT2D eigenvalue weighted by Gasteiger charge is -2.16. The molecule has 0 bridgehead atoms. The minimum atomic E-state index is -0.336. The molecular weight excluding hydrogens is 390 g/mol. The average molecular weight is 422 g/mol. The molecule has 1 aromatic heterocycles. The van der Waals surface area contributed by atoms with Crippen molar-refractivity contribution in [2.24, 2.45) is 0 Å². The molecule has 1 saturated heterocycles. The number of benzene rings is 2. The Balaban J connectivity index is 1.48. The number of fused-ring (bicyclic) bond motifs is 1. The Morgan fingerprint density at radius 1 is 1.29 bits per heavy atom. The quantitative estimate of drug-likeness (QED) is 0.588. The fraction of sp³-hybridized carbons (Fsp3) is 0.440. The number of amides is 1. The van der Waals surface area contributed by atoms with Crippen LogP contribution in [0.25, 0.3) is 11.0 Å². The van der Waals surface area contributed by atoms with Crippen molar-refractivity contribution in [2.45, 2.75) is 58.7 Å². The van der Waals surface area contributed by atoms with E-state index in [-0.39, 0.29) is 12.0 Å². The number of para-hydroxylation sites is 2. The molecule has 1 amide bonds. The number of carbonyl (C=O) groups excluding carboxylic acids is 1. The molecule has 3 aromatic rings. The first-order valence-corrected chi connectivity index (χ1v) is 11.1. The van der Waals surface area contributed by atoms with Crippen molar-refractivity contribution in [3.8, 4) is 5.75 Å². The second-order valence-corrected chi connectivity index (χ2v) is 8.43. The number of rotatable bonds is 8. The Morgan fingerprint density at radius 3 is 2.90 bits per heavy atom. The molecule has 1 aliphatic rings. The summed E-state index contributed by atoms with van der Waals surface area (Å²) in [4.78, 5) is 17.1. The van der Waals surface area contributed by atoms with E-state index in [9.17, 15) is 4.79 Å². The van der Waals surface area contributed by atoms with Gasteiger partial charge in [0, 0.05) is 6.61 Å². The first kappa shape index (κ1) is 21.4. The van der Waals surface area contributed by atoms with Crippen LogP contribution in [0.15, 0.2) is 42.5 Å². The van der Waals surface area contributed by atoms with E-state index in [0.29, 0.717) is 32.2 Å². The highest BCUT2D eigenvalue weighted by Crippen LogP contribution is 2.27. The molecule has 1 aliphatic heterocycles. The normalized spacial score (nSPS) is 16.2. The maximum atomic E-state index is 12.4. The Bertz CT molecular complexity index is 1050. The molecule has 1 unspecified atom stereocenters. The lowest BCUT2D eigenvalue weighted by Crippen LogP contribution is -2.34. The van der Waals surface area contributed by atoms with E-state index in [2.05, 4.69) is 54.9 Å². The monoisotopic (exact) mass is 421 g/mol. The summed E-state index contributed by atoms with van der Waals surface area (Å²) in [7, 11) is 0. The van der Waals surface area contributed by atoms with Crippen LogP contribution in [0.1, 0.15) is 49.6 Å². The molecule has 1 N–H and O–H groups in total. The van der Waals surface area contributed by atoms with Crippen LogP contribution < -0.4 is 10.1 Å². The molecule has 6 heteroatoms. The van der Waals surface area contributed by atoms with E-state index in [1.807, 2.05) is 18.2 Å². The Hall–Kier alpha value is -2.86. The molecule has 0 spiro atoms. The summed E-state index contributed by atoms with van der Waals surface area (Å²) in [6, 6.07) is 14.4. The van der Waals surface area contributed by atoms with Gasteiger partial charge in [-0.2, -0.15) is 0 Å². The van der Waals surface area contributed by atoms with Crippen LogP contribution in [-0.2, 0) is 22.6 Å². The average Bonchev–Trinajstić information content (AvgIpc) is 3.40. The number of nitrogens with one attached hydrogen (secondary N) is 1. The Labute approximate surface area is 183 Å². The zero-order valence-electron chi connectivity index (χ0n) is 18.6. The topological polar surface area (TPSA) is 65.4 Å². The molecule has 6 nitrogen and oxygen atoms in total. The van der Waals surface area contributed by atoms with Crippen LogP contribution in [0.2, 0.25) is 0 Å². The number of aromatic nitrogens is 2. The number of carbonyl (C=O) groups is 1. The summed E-state index contributed by atoms with van der Waals surface area (Å²) in [6.45, 7) is 8.63. The van der Waals surface area contributed by atoms with E-state index in [1.54, 1.807) is 0 Å². The summed E-state index contributed by atoms with van der Waals surface area (Å²) < 4.78 is 13.8. The fourth-order valence-corrected chi connectivity index (χ4v) is 4.06. The first-order chi connectivity index (χ1) is 15.0. The van der Waals surface area contributed by atoms with Crippen molar-refractivity contribution in [1.29, 1.82) is 0 Å². The van der Waals surface area contributed by atoms with Gasteiger partial charge >= 0.3 is 0 Å². The number of hydrogen-bond donors (Lipinski definition) is 1.